The van der Waals surface area contributed by atoms with Crippen molar-refractivity contribution in [2.24, 2.45) is 0 Å². The Hall–Kier alpha value is -2.14. The van der Waals surface area contributed by atoms with Gasteiger partial charge >= 0.3 is 0 Å². The Kier molecular flexibility index (Phi) is 5.13. The molecule has 1 heterocycles. The molecule has 0 aliphatic rings. The third-order valence-corrected chi connectivity index (χ3v) is 2.50. The smallest absolute Gasteiger partial charge is 0.222 e. The van der Waals surface area contributed by atoms with E-state index in [-0.39, 0.29) is 0 Å². The summed E-state index contributed by atoms with van der Waals surface area (Å²) in [5, 5.41) is 3.08. The largest absolute Gasteiger partial charge is 0.497 e. The Balaban J connectivity index is 1.66. The molecule has 0 spiro atoms. The molecule has 1 N–H and O–H groups in total. The van der Waals surface area contributed by atoms with E-state index in [2.05, 4.69) is 15.3 Å². The molecule has 19 heavy (non-hydrogen) atoms. The molecule has 5 heteroatoms. The lowest BCUT2D eigenvalue weighted by atomic mass is 10.2. The van der Waals surface area contributed by atoms with E-state index in [1.165, 1.54) is 0 Å². The predicted molar refractivity (Wildman–Crippen MR) is 73.2 cm³/mol. The maximum atomic E-state index is 5.57. The molecule has 0 saturated carbocycles. The van der Waals surface area contributed by atoms with Crippen LogP contribution in [0.2, 0.25) is 0 Å². The zero-order valence-electron chi connectivity index (χ0n) is 10.9. The van der Waals surface area contributed by atoms with Crippen LogP contribution in [0.1, 0.15) is 5.56 Å². The molecule has 0 aliphatic carbocycles. The molecule has 100 valence electrons. The predicted octanol–water partition coefficient (Wildman–Crippen LogP) is 2.11. The third kappa shape index (κ3) is 4.56. The van der Waals surface area contributed by atoms with E-state index >= 15 is 0 Å². The van der Waals surface area contributed by atoms with Gasteiger partial charge in [0.1, 0.15) is 5.75 Å². The van der Waals surface area contributed by atoms with Crippen molar-refractivity contribution < 1.29 is 9.47 Å². The highest BCUT2D eigenvalue weighted by Gasteiger charge is 1.97. The van der Waals surface area contributed by atoms with Crippen molar-refractivity contribution in [1.82, 2.24) is 9.97 Å². The summed E-state index contributed by atoms with van der Waals surface area (Å²) in [4.78, 5) is 8.13. The first kappa shape index (κ1) is 13.3. The van der Waals surface area contributed by atoms with Gasteiger partial charge in [-0.2, -0.15) is 0 Å². The van der Waals surface area contributed by atoms with Crippen molar-refractivity contribution in [3.8, 4) is 5.75 Å². The van der Waals surface area contributed by atoms with Gasteiger partial charge in [0.05, 0.1) is 20.3 Å². The molecule has 0 radical (unpaired) electrons. The number of benzene rings is 1. The fraction of sp³-hybridized carbons (Fsp3) is 0.286. The first-order valence-corrected chi connectivity index (χ1v) is 6.10. The molecule has 2 rings (SSSR count). The van der Waals surface area contributed by atoms with Gasteiger partial charge < -0.3 is 14.8 Å². The average molecular weight is 259 g/mol. The van der Waals surface area contributed by atoms with E-state index in [1.807, 2.05) is 24.3 Å². The number of rotatable bonds is 7. The van der Waals surface area contributed by atoms with Crippen LogP contribution >= 0.6 is 0 Å². The molecule has 1 aromatic carbocycles. The van der Waals surface area contributed by atoms with Gasteiger partial charge in [0.15, 0.2) is 0 Å². The van der Waals surface area contributed by atoms with E-state index in [0.717, 1.165) is 11.3 Å². The standard InChI is InChI=1S/C14H17N3O2/c1-18-13-5-2-4-12(10-13)11-19-9-8-17-14-15-6-3-7-16-14/h2-7,10H,8-9,11H2,1H3,(H,15,16,17). The second kappa shape index (κ2) is 7.33. The summed E-state index contributed by atoms with van der Waals surface area (Å²) in [5.41, 5.74) is 1.09. The van der Waals surface area contributed by atoms with Crippen molar-refractivity contribution in [3.05, 3.63) is 48.3 Å². The Morgan fingerprint density at radius 2 is 2.00 bits per heavy atom. The van der Waals surface area contributed by atoms with Gasteiger partial charge in [-0.3, -0.25) is 0 Å². The molecule has 2 aromatic rings. The van der Waals surface area contributed by atoms with Crippen LogP contribution < -0.4 is 10.1 Å². The molecule has 1 aromatic heterocycles. The fourth-order valence-electron chi connectivity index (χ4n) is 1.58. The van der Waals surface area contributed by atoms with E-state index in [9.17, 15) is 0 Å². The van der Waals surface area contributed by atoms with Gasteiger partial charge in [-0.25, -0.2) is 9.97 Å². The van der Waals surface area contributed by atoms with Gasteiger partial charge in [0, 0.05) is 18.9 Å². The summed E-state index contributed by atoms with van der Waals surface area (Å²) >= 11 is 0. The SMILES string of the molecule is COc1cccc(COCCNc2ncccn2)c1. The van der Waals surface area contributed by atoms with Crippen molar-refractivity contribution in [1.29, 1.82) is 0 Å². The van der Waals surface area contributed by atoms with E-state index in [0.29, 0.717) is 25.7 Å². The number of hydrogen-bond donors (Lipinski definition) is 1. The van der Waals surface area contributed by atoms with Crippen LogP contribution in [0.4, 0.5) is 5.95 Å². The second-order valence-corrected chi connectivity index (χ2v) is 3.90. The summed E-state index contributed by atoms with van der Waals surface area (Å²) in [7, 11) is 1.66. The van der Waals surface area contributed by atoms with Crippen LogP contribution in [0.25, 0.3) is 0 Å². The zero-order valence-corrected chi connectivity index (χ0v) is 10.9. The highest BCUT2D eigenvalue weighted by Crippen LogP contribution is 2.13. The van der Waals surface area contributed by atoms with Crippen LogP contribution in [0.5, 0.6) is 5.75 Å². The Bertz CT molecular complexity index is 491. The second-order valence-electron chi connectivity index (χ2n) is 3.90. The monoisotopic (exact) mass is 259 g/mol. The van der Waals surface area contributed by atoms with Crippen LogP contribution in [-0.4, -0.2) is 30.2 Å². The van der Waals surface area contributed by atoms with Gasteiger partial charge in [-0.1, -0.05) is 12.1 Å². The molecule has 0 fully saturated rings. The topological polar surface area (TPSA) is 56.3 Å². The van der Waals surface area contributed by atoms with E-state index < -0.39 is 0 Å². The Labute approximate surface area is 112 Å². The molecule has 0 unspecified atom stereocenters. The summed E-state index contributed by atoms with van der Waals surface area (Å²) in [6.07, 6.45) is 3.40. The van der Waals surface area contributed by atoms with E-state index in [1.54, 1.807) is 25.6 Å². The first-order valence-electron chi connectivity index (χ1n) is 6.10. The highest BCUT2D eigenvalue weighted by atomic mass is 16.5. The van der Waals surface area contributed by atoms with Crippen molar-refractivity contribution >= 4 is 5.95 Å². The van der Waals surface area contributed by atoms with Gasteiger partial charge in [0.2, 0.25) is 5.95 Å². The highest BCUT2D eigenvalue weighted by molar-refractivity contribution is 5.27. The summed E-state index contributed by atoms with van der Waals surface area (Å²) in [6, 6.07) is 9.62. The minimum absolute atomic E-state index is 0.564. The van der Waals surface area contributed by atoms with Crippen LogP contribution in [0.3, 0.4) is 0 Å². The lowest BCUT2D eigenvalue weighted by molar-refractivity contribution is 0.130. The zero-order chi connectivity index (χ0) is 13.3. The number of methoxy groups -OCH3 is 1. The fourth-order valence-corrected chi connectivity index (χ4v) is 1.58. The lowest BCUT2D eigenvalue weighted by Crippen LogP contribution is -2.11. The molecular weight excluding hydrogens is 242 g/mol. The molecule has 0 atom stereocenters. The molecular formula is C14H17N3O2. The van der Waals surface area contributed by atoms with Crippen molar-refractivity contribution in [2.75, 3.05) is 25.6 Å². The number of hydrogen-bond acceptors (Lipinski definition) is 5. The number of anilines is 1. The quantitative estimate of drug-likeness (QED) is 0.772. The first-order chi connectivity index (χ1) is 9.38. The molecule has 0 amide bonds. The number of aromatic nitrogens is 2. The number of nitrogens with zero attached hydrogens (tertiary/aromatic N) is 2. The number of ether oxygens (including phenoxy) is 2. The van der Waals surface area contributed by atoms with Crippen molar-refractivity contribution in [3.63, 3.8) is 0 Å². The molecule has 0 bridgehead atoms. The van der Waals surface area contributed by atoms with E-state index in [4.69, 9.17) is 9.47 Å². The van der Waals surface area contributed by atoms with Gasteiger partial charge in [-0.15, -0.1) is 0 Å². The Morgan fingerprint density at radius 3 is 2.79 bits per heavy atom. The van der Waals surface area contributed by atoms with Crippen molar-refractivity contribution in [2.45, 2.75) is 6.61 Å². The maximum Gasteiger partial charge on any atom is 0.222 e. The normalized spacial score (nSPS) is 10.2. The minimum atomic E-state index is 0.564. The molecule has 0 aliphatic heterocycles. The van der Waals surface area contributed by atoms with Crippen LogP contribution in [0, 0.1) is 0 Å². The summed E-state index contributed by atoms with van der Waals surface area (Å²) in [5.74, 6) is 1.46. The van der Waals surface area contributed by atoms with Crippen LogP contribution in [0.15, 0.2) is 42.7 Å². The van der Waals surface area contributed by atoms with Crippen LogP contribution in [-0.2, 0) is 11.3 Å². The molecule has 0 saturated heterocycles. The van der Waals surface area contributed by atoms with Gasteiger partial charge in [0.25, 0.3) is 0 Å². The Morgan fingerprint density at radius 1 is 1.16 bits per heavy atom. The average Bonchev–Trinajstić information content (AvgIpc) is 2.48. The molecule has 5 nitrogen and oxygen atoms in total. The van der Waals surface area contributed by atoms with Gasteiger partial charge in [-0.05, 0) is 23.8 Å². The lowest BCUT2D eigenvalue weighted by Gasteiger charge is -2.07. The summed E-state index contributed by atoms with van der Waals surface area (Å²) < 4.78 is 10.7. The number of nitrogens with one attached hydrogen (secondary N) is 1. The maximum absolute atomic E-state index is 5.57. The third-order valence-electron chi connectivity index (χ3n) is 2.50. The minimum Gasteiger partial charge on any atom is -0.497 e. The summed E-state index contributed by atoms with van der Waals surface area (Å²) in [6.45, 7) is 1.83.